The fraction of sp³-hybridized carbons (Fsp3) is 0.231. The number of halogens is 1. The van der Waals surface area contributed by atoms with Gasteiger partial charge in [0.2, 0.25) is 5.88 Å². The van der Waals surface area contributed by atoms with Crippen molar-refractivity contribution >= 4 is 5.91 Å². The molecule has 1 amide bonds. The third kappa shape index (κ3) is 4.39. The molecule has 0 radical (unpaired) electrons. The number of furan rings is 1. The number of carbonyl (C=O) groups excluding carboxylic acids is 1. The standard InChI is InChI=1S/C26H24FN3O3/c1-2-23-22(17-29(19-14-15-19)25(31)24-9-6-16-32-24)26(33-21-7-4-3-5-8-21)30(28-23)20-12-10-18(27)11-13-20/h3-13,16,19H,2,14-15,17H2,1H3. The second-order valence-corrected chi connectivity index (χ2v) is 8.03. The van der Waals surface area contributed by atoms with Gasteiger partial charge in [0.1, 0.15) is 11.6 Å². The summed E-state index contributed by atoms with van der Waals surface area (Å²) in [6.45, 7) is 2.36. The van der Waals surface area contributed by atoms with E-state index in [1.54, 1.807) is 28.9 Å². The lowest BCUT2D eigenvalue weighted by atomic mass is 10.1. The molecule has 168 valence electrons. The lowest BCUT2D eigenvalue weighted by molar-refractivity contribution is 0.0696. The third-order valence-corrected chi connectivity index (χ3v) is 5.69. The molecule has 0 aliphatic heterocycles. The minimum absolute atomic E-state index is 0.148. The monoisotopic (exact) mass is 445 g/mol. The Morgan fingerprint density at radius 2 is 1.88 bits per heavy atom. The van der Waals surface area contributed by atoms with Crippen LogP contribution in [0.1, 0.15) is 41.6 Å². The summed E-state index contributed by atoms with van der Waals surface area (Å²) < 4.78 is 27.0. The van der Waals surface area contributed by atoms with Gasteiger partial charge in [-0.15, -0.1) is 0 Å². The Balaban J connectivity index is 1.58. The lowest BCUT2D eigenvalue weighted by Crippen LogP contribution is -2.32. The molecule has 33 heavy (non-hydrogen) atoms. The second-order valence-electron chi connectivity index (χ2n) is 8.03. The Kier molecular flexibility index (Phi) is 5.69. The number of para-hydroxylation sites is 1. The summed E-state index contributed by atoms with van der Waals surface area (Å²) in [6.07, 6.45) is 4.07. The highest BCUT2D eigenvalue weighted by Crippen LogP contribution is 2.36. The van der Waals surface area contributed by atoms with Gasteiger partial charge in [0.05, 0.1) is 29.8 Å². The minimum Gasteiger partial charge on any atom is -0.459 e. The van der Waals surface area contributed by atoms with Crippen LogP contribution >= 0.6 is 0 Å². The number of amides is 1. The first kappa shape index (κ1) is 21.0. The predicted molar refractivity (Wildman–Crippen MR) is 121 cm³/mol. The lowest BCUT2D eigenvalue weighted by Gasteiger charge is -2.22. The maximum Gasteiger partial charge on any atom is 0.290 e. The summed E-state index contributed by atoms with van der Waals surface area (Å²) in [5.74, 6) is 1.01. The Hall–Kier alpha value is -3.87. The van der Waals surface area contributed by atoms with Crippen LogP contribution in [-0.4, -0.2) is 26.6 Å². The van der Waals surface area contributed by atoms with Crippen molar-refractivity contribution in [3.8, 4) is 17.3 Å². The zero-order valence-electron chi connectivity index (χ0n) is 18.3. The quantitative estimate of drug-likeness (QED) is 0.346. The molecule has 7 heteroatoms. The molecule has 4 aromatic rings. The smallest absolute Gasteiger partial charge is 0.290 e. The van der Waals surface area contributed by atoms with E-state index in [1.807, 2.05) is 42.2 Å². The minimum atomic E-state index is -0.323. The Labute approximate surface area is 191 Å². The molecular weight excluding hydrogens is 421 g/mol. The molecule has 0 spiro atoms. The normalized spacial score (nSPS) is 13.2. The Bertz CT molecular complexity index is 1230. The molecule has 0 unspecified atom stereocenters. The van der Waals surface area contributed by atoms with E-state index >= 15 is 0 Å². The average molecular weight is 445 g/mol. The van der Waals surface area contributed by atoms with E-state index in [-0.39, 0.29) is 17.8 Å². The number of rotatable bonds is 8. The van der Waals surface area contributed by atoms with Gasteiger partial charge in [-0.25, -0.2) is 9.07 Å². The second kappa shape index (κ2) is 8.94. The highest BCUT2D eigenvalue weighted by atomic mass is 19.1. The number of nitrogens with zero attached hydrogens (tertiary/aromatic N) is 3. The van der Waals surface area contributed by atoms with Crippen molar-refractivity contribution in [1.82, 2.24) is 14.7 Å². The van der Waals surface area contributed by atoms with E-state index in [4.69, 9.17) is 14.3 Å². The number of aromatic nitrogens is 2. The maximum absolute atomic E-state index is 13.6. The Morgan fingerprint density at radius 3 is 2.52 bits per heavy atom. The van der Waals surface area contributed by atoms with E-state index in [0.29, 0.717) is 36.0 Å². The SMILES string of the molecule is CCc1nn(-c2ccc(F)cc2)c(Oc2ccccc2)c1CN(C(=O)c1ccco1)C1CC1. The molecule has 0 bridgehead atoms. The number of ether oxygens (including phenoxy) is 1. The van der Waals surface area contributed by atoms with Gasteiger partial charge >= 0.3 is 0 Å². The van der Waals surface area contributed by atoms with Gasteiger partial charge in [-0.1, -0.05) is 25.1 Å². The van der Waals surface area contributed by atoms with Crippen LogP contribution in [0.25, 0.3) is 5.69 Å². The van der Waals surface area contributed by atoms with Crippen LogP contribution in [0.15, 0.2) is 77.4 Å². The summed E-state index contributed by atoms with van der Waals surface area (Å²) in [4.78, 5) is 15.0. The van der Waals surface area contributed by atoms with E-state index in [9.17, 15) is 9.18 Å². The van der Waals surface area contributed by atoms with Crippen LogP contribution in [0.4, 0.5) is 4.39 Å². The molecule has 1 aliphatic carbocycles. The molecule has 0 N–H and O–H groups in total. The highest BCUT2D eigenvalue weighted by molar-refractivity contribution is 5.91. The fourth-order valence-electron chi connectivity index (χ4n) is 3.85. The Morgan fingerprint density at radius 1 is 1.12 bits per heavy atom. The van der Waals surface area contributed by atoms with Crippen LogP contribution < -0.4 is 4.74 Å². The topological polar surface area (TPSA) is 60.5 Å². The number of aryl methyl sites for hydroxylation is 1. The average Bonchev–Trinajstić information content (AvgIpc) is 3.41. The van der Waals surface area contributed by atoms with E-state index < -0.39 is 0 Å². The van der Waals surface area contributed by atoms with Crippen molar-refractivity contribution in [2.45, 2.75) is 38.8 Å². The molecule has 0 saturated heterocycles. The zero-order chi connectivity index (χ0) is 22.8. The number of hydrogen-bond acceptors (Lipinski definition) is 4. The molecule has 5 rings (SSSR count). The van der Waals surface area contributed by atoms with Gasteiger partial charge in [0, 0.05) is 6.04 Å². The van der Waals surface area contributed by atoms with Crippen LogP contribution in [0.2, 0.25) is 0 Å². The van der Waals surface area contributed by atoms with E-state index in [1.165, 1.54) is 18.4 Å². The summed E-state index contributed by atoms with van der Waals surface area (Å²) in [6, 6.07) is 19.1. The predicted octanol–water partition coefficient (Wildman–Crippen LogP) is 5.76. The number of benzene rings is 2. The largest absolute Gasteiger partial charge is 0.459 e. The third-order valence-electron chi connectivity index (χ3n) is 5.69. The van der Waals surface area contributed by atoms with E-state index in [0.717, 1.165) is 24.1 Å². The van der Waals surface area contributed by atoms with Crippen molar-refractivity contribution in [1.29, 1.82) is 0 Å². The first-order valence-corrected chi connectivity index (χ1v) is 11.1. The van der Waals surface area contributed by atoms with Gasteiger partial charge in [-0.2, -0.15) is 5.10 Å². The zero-order valence-corrected chi connectivity index (χ0v) is 18.3. The molecule has 2 heterocycles. The van der Waals surface area contributed by atoms with Gasteiger partial charge in [-0.05, 0) is 67.8 Å². The summed E-state index contributed by atoms with van der Waals surface area (Å²) in [7, 11) is 0. The van der Waals surface area contributed by atoms with Crippen LogP contribution in [-0.2, 0) is 13.0 Å². The first-order valence-electron chi connectivity index (χ1n) is 11.1. The van der Waals surface area contributed by atoms with Crippen molar-refractivity contribution < 1.29 is 18.3 Å². The number of carbonyl (C=O) groups is 1. The maximum atomic E-state index is 13.6. The fourth-order valence-corrected chi connectivity index (χ4v) is 3.85. The van der Waals surface area contributed by atoms with Crippen LogP contribution in [0, 0.1) is 5.82 Å². The highest BCUT2D eigenvalue weighted by Gasteiger charge is 2.36. The number of hydrogen-bond donors (Lipinski definition) is 0. The molecule has 1 aliphatic rings. The molecular formula is C26H24FN3O3. The summed E-state index contributed by atoms with van der Waals surface area (Å²) >= 11 is 0. The van der Waals surface area contributed by atoms with Gasteiger partial charge in [0.25, 0.3) is 5.91 Å². The first-order chi connectivity index (χ1) is 16.1. The molecule has 2 aromatic heterocycles. The van der Waals surface area contributed by atoms with Crippen molar-refractivity contribution in [2.75, 3.05) is 0 Å². The van der Waals surface area contributed by atoms with Gasteiger partial charge in [0.15, 0.2) is 5.76 Å². The van der Waals surface area contributed by atoms with Crippen LogP contribution in [0.3, 0.4) is 0 Å². The van der Waals surface area contributed by atoms with Crippen molar-refractivity contribution in [3.05, 3.63) is 95.8 Å². The summed E-state index contributed by atoms with van der Waals surface area (Å²) in [5.41, 5.74) is 2.33. The van der Waals surface area contributed by atoms with Crippen LogP contribution in [0.5, 0.6) is 11.6 Å². The molecule has 1 fully saturated rings. The van der Waals surface area contributed by atoms with Gasteiger partial charge < -0.3 is 14.1 Å². The van der Waals surface area contributed by atoms with Crippen molar-refractivity contribution in [2.24, 2.45) is 0 Å². The van der Waals surface area contributed by atoms with E-state index in [2.05, 4.69) is 0 Å². The molecule has 1 saturated carbocycles. The van der Waals surface area contributed by atoms with Crippen molar-refractivity contribution in [3.63, 3.8) is 0 Å². The molecule has 0 atom stereocenters. The molecule has 2 aromatic carbocycles. The molecule has 6 nitrogen and oxygen atoms in total. The summed E-state index contributed by atoms with van der Waals surface area (Å²) in [5, 5.41) is 4.79. The van der Waals surface area contributed by atoms with Gasteiger partial charge in [-0.3, -0.25) is 4.79 Å².